The van der Waals surface area contributed by atoms with E-state index in [9.17, 15) is 4.79 Å². The molecule has 0 aromatic carbocycles. The van der Waals surface area contributed by atoms with Crippen LogP contribution in [0.15, 0.2) is 17.9 Å². The first-order chi connectivity index (χ1) is 4.70. The molecule has 0 bridgehead atoms. The lowest BCUT2D eigenvalue weighted by Gasteiger charge is -2.00. The van der Waals surface area contributed by atoms with E-state index in [-0.39, 0.29) is 5.97 Å². The fraction of sp³-hybridized carbons (Fsp3) is 0.500. The van der Waals surface area contributed by atoms with Crippen LogP contribution in [0.3, 0.4) is 0 Å². The van der Waals surface area contributed by atoms with E-state index in [1.54, 1.807) is 0 Å². The Morgan fingerprint density at radius 2 is 2.30 bits per heavy atom. The summed E-state index contributed by atoms with van der Waals surface area (Å²) < 4.78 is 4.71. The third-order valence-corrected chi connectivity index (χ3v) is 1.13. The monoisotopic (exact) mass is 140 g/mol. The molecule has 0 saturated carbocycles. The van der Waals surface area contributed by atoms with Crippen LogP contribution in [-0.4, -0.2) is 12.6 Å². The third kappa shape index (κ3) is 3.93. The van der Waals surface area contributed by atoms with Gasteiger partial charge in [-0.25, -0.2) is 0 Å². The summed E-state index contributed by atoms with van der Waals surface area (Å²) in [4.78, 5) is 10.3. The molecule has 0 amide bonds. The quantitative estimate of drug-likeness (QED) is 0.440. The van der Waals surface area contributed by atoms with Crippen LogP contribution in [0.2, 0.25) is 0 Å². The van der Waals surface area contributed by atoms with Crippen molar-refractivity contribution >= 4 is 5.97 Å². The first kappa shape index (κ1) is 8.99. The Bertz CT molecular complexity index is 164. The molecule has 0 N–H and O–H groups in total. The lowest BCUT2D eigenvalue weighted by Crippen LogP contribution is -2.01. The van der Waals surface area contributed by atoms with Crippen LogP contribution >= 0.6 is 0 Å². The van der Waals surface area contributed by atoms with Crippen molar-refractivity contribution in [2.75, 3.05) is 6.61 Å². The van der Waals surface area contributed by atoms with Gasteiger partial charge in [-0.2, -0.15) is 0 Å². The molecule has 0 radical (unpaired) electrons. The van der Waals surface area contributed by atoms with Crippen molar-refractivity contribution in [1.82, 2.24) is 0 Å². The van der Waals surface area contributed by atoms with Crippen molar-refractivity contribution in [1.29, 1.82) is 0 Å². The SMILES string of the molecule is C=C=C(CC)COC(C)=O. The maximum Gasteiger partial charge on any atom is 0.302 e. The molecule has 0 aliphatic rings. The van der Waals surface area contributed by atoms with Gasteiger partial charge in [-0.1, -0.05) is 13.5 Å². The number of rotatable bonds is 3. The van der Waals surface area contributed by atoms with Crippen LogP contribution in [0, 0.1) is 0 Å². The van der Waals surface area contributed by atoms with Gasteiger partial charge < -0.3 is 4.74 Å². The molecule has 0 aromatic heterocycles. The van der Waals surface area contributed by atoms with Crippen LogP contribution in [-0.2, 0) is 9.53 Å². The maximum atomic E-state index is 10.3. The fourth-order valence-electron chi connectivity index (χ4n) is 0.467. The second-order valence-electron chi connectivity index (χ2n) is 1.91. The van der Waals surface area contributed by atoms with Gasteiger partial charge in [-0.15, -0.1) is 5.73 Å². The molecule has 0 unspecified atom stereocenters. The van der Waals surface area contributed by atoms with Crippen molar-refractivity contribution in [2.45, 2.75) is 20.3 Å². The molecule has 2 heteroatoms. The van der Waals surface area contributed by atoms with E-state index in [1.165, 1.54) is 6.92 Å². The van der Waals surface area contributed by atoms with E-state index < -0.39 is 0 Å². The highest BCUT2D eigenvalue weighted by Crippen LogP contribution is 1.97. The van der Waals surface area contributed by atoms with Crippen LogP contribution in [0.25, 0.3) is 0 Å². The van der Waals surface area contributed by atoms with E-state index in [0.29, 0.717) is 6.61 Å². The average molecular weight is 140 g/mol. The van der Waals surface area contributed by atoms with Crippen LogP contribution in [0.4, 0.5) is 0 Å². The Kier molecular flexibility index (Phi) is 4.34. The number of ether oxygens (including phenoxy) is 1. The van der Waals surface area contributed by atoms with Gasteiger partial charge in [0.25, 0.3) is 0 Å². The summed E-state index contributed by atoms with van der Waals surface area (Å²) >= 11 is 0. The molecule has 0 rings (SSSR count). The smallest absolute Gasteiger partial charge is 0.302 e. The molecular formula is C8H12O2. The van der Waals surface area contributed by atoms with Gasteiger partial charge in [0, 0.05) is 12.5 Å². The lowest BCUT2D eigenvalue weighted by atomic mass is 10.2. The third-order valence-electron chi connectivity index (χ3n) is 1.13. The van der Waals surface area contributed by atoms with E-state index >= 15 is 0 Å². The molecule has 0 saturated heterocycles. The van der Waals surface area contributed by atoms with Crippen molar-refractivity contribution in [3.63, 3.8) is 0 Å². The van der Waals surface area contributed by atoms with Gasteiger partial charge >= 0.3 is 5.97 Å². The summed E-state index contributed by atoms with van der Waals surface area (Å²) in [6.45, 7) is 7.14. The number of hydrogen-bond acceptors (Lipinski definition) is 2. The second kappa shape index (κ2) is 4.83. The van der Waals surface area contributed by atoms with Crippen molar-refractivity contribution in [3.05, 3.63) is 17.9 Å². The number of carbonyl (C=O) groups excluding carboxylic acids is 1. The van der Waals surface area contributed by atoms with E-state index in [2.05, 4.69) is 12.3 Å². The average Bonchev–Trinajstić information content (AvgIpc) is 1.90. The van der Waals surface area contributed by atoms with Crippen LogP contribution in [0.5, 0.6) is 0 Å². The minimum absolute atomic E-state index is 0.263. The van der Waals surface area contributed by atoms with Crippen molar-refractivity contribution in [3.8, 4) is 0 Å². The topological polar surface area (TPSA) is 26.3 Å². The summed E-state index contributed by atoms with van der Waals surface area (Å²) in [6, 6.07) is 0. The standard InChI is InChI=1S/C8H12O2/c1-4-8(5-2)6-10-7(3)9/h1,5-6H2,2-3H3. The minimum atomic E-state index is -0.263. The van der Waals surface area contributed by atoms with Gasteiger partial charge in [0.1, 0.15) is 6.61 Å². The Morgan fingerprint density at radius 1 is 1.70 bits per heavy atom. The highest BCUT2D eigenvalue weighted by atomic mass is 16.5. The predicted molar refractivity (Wildman–Crippen MR) is 39.6 cm³/mol. The molecule has 2 nitrogen and oxygen atoms in total. The summed E-state index contributed by atoms with van der Waals surface area (Å²) in [5.41, 5.74) is 3.62. The highest BCUT2D eigenvalue weighted by molar-refractivity contribution is 5.66. The summed E-state index contributed by atoms with van der Waals surface area (Å²) in [5.74, 6) is -0.263. The molecule has 0 fully saturated rings. The van der Waals surface area contributed by atoms with Gasteiger partial charge in [-0.05, 0) is 6.42 Å². The van der Waals surface area contributed by atoms with Crippen LogP contribution in [0.1, 0.15) is 20.3 Å². The predicted octanol–water partition coefficient (Wildman–Crippen LogP) is 1.67. The largest absolute Gasteiger partial charge is 0.461 e. The first-order valence-electron chi connectivity index (χ1n) is 3.21. The van der Waals surface area contributed by atoms with Gasteiger partial charge in [0.2, 0.25) is 0 Å². The molecule has 0 spiro atoms. The highest BCUT2D eigenvalue weighted by Gasteiger charge is 1.94. The maximum absolute atomic E-state index is 10.3. The van der Waals surface area contributed by atoms with E-state index in [4.69, 9.17) is 4.74 Å². The lowest BCUT2D eigenvalue weighted by molar-refractivity contribution is -0.140. The van der Waals surface area contributed by atoms with Crippen LogP contribution < -0.4 is 0 Å². The Balaban J connectivity index is 3.67. The second-order valence-corrected chi connectivity index (χ2v) is 1.91. The Labute approximate surface area is 61.2 Å². The zero-order valence-electron chi connectivity index (χ0n) is 6.44. The normalized spacial score (nSPS) is 8.20. The number of carbonyl (C=O) groups is 1. The molecule has 10 heavy (non-hydrogen) atoms. The summed E-state index contributed by atoms with van der Waals surface area (Å²) in [5, 5.41) is 0. The molecule has 0 aliphatic carbocycles. The molecule has 0 aliphatic heterocycles. The zero-order chi connectivity index (χ0) is 7.98. The van der Waals surface area contributed by atoms with Gasteiger partial charge in [0.15, 0.2) is 0 Å². The Morgan fingerprint density at radius 3 is 2.60 bits per heavy atom. The fourth-order valence-corrected chi connectivity index (χ4v) is 0.467. The van der Waals surface area contributed by atoms with Gasteiger partial charge in [-0.3, -0.25) is 4.79 Å². The first-order valence-corrected chi connectivity index (χ1v) is 3.21. The summed E-state index contributed by atoms with van der Waals surface area (Å²) in [6.07, 6.45) is 0.830. The Hall–Kier alpha value is -1.01. The zero-order valence-corrected chi connectivity index (χ0v) is 6.44. The molecule has 56 valence electrons. The molecule has 0 atom stereocenters. The number of hydrogen-bond donors (Lipinski definition) is 0. The summed E-state index contributed by atoms with van der Waals surface area (Å²) in [7, 11) is 0. The van der Waals surface area contributed by atoms with Gasteiger partial charge in [0.05, 0.1) is 0 Å². The van der Waals surface area contributed by atoms with Crippen molar-refractivity contribution in [2.24, 2.45) is 0 Å². The number of esters is 1. The molecular weight excluding hydrogens is 128 g/mol. The van der Waals surface area contributed by atoms with E-state index in [0.717, 1.165) is 12.0 Å². The van der Waals surface area contributed by atoms with E-state index in [1.807, 2.05) is 6.92 Å². The van der Waals surface area contributed by atoms with Crippen molar-refractivity contribution < 1.29 is 9.53 Å². The minimum Gasteiger partial charge on any atom is -0.461 e. The molecule has 0 heterocycles. The molecule has 0 aromatic rings.